The van der Waals surface area contributed by atoms with E-state index in [1.807, 2.05) is 6.92 Å². The molecule has 0 saturated heterocycles. The number of anilines is 1. The number of aromatic nitrogens is 1. The second-order valence-corrected chi connectivity index (χ2v) is 5.06. The van der Waals surface area contributed by atoms with Crippen LogP contribution in [0.5, 0.6) is 0 Å². The summed E-state index contributed by atoms with van der Waals surface area (Å²) in [6.07, 6.45) is 1.12. The van der Waals surface area contributed by atoms with Gasteiger partial charge in [-0.25, -0.2) is 9.37 Å². The lowest BCUT2D eigenvalue weighted by Gasteiger charge is -2.16. The van der Waals surface area contributed by atoms with Crippen LogP contribution in [-0.2, 0) is 0 Å². The maximum absolute atomic E-state index is 13.6. The van der Waals surface area contributed by atoms with Crippen LogP contribution >= 0.6 is 11.6 Å². The van der Waals surface area contributed by atoms with Gasteiger partial charge in [0.1, 0.15) is 17.8 Å². The zero-order valence-corrected chi connectivity index (χ0v) is 12.2. The molecule has 0 fully saturated rings. The third-order valence-corrected chi connectivity index (χ3v) is 3.37. The minimum Gasteiger partial charge on any atom is -0.362 e. The molecule has 0 aliphatic carbocycles. The topological polar surface area (TPSA) is 68.1 Å². The Bertz CT molecular complexity index is 694. The van der Waals surface area contributed by atoms with Crippen LogP contribution in [-0.4, -0.2) is 9.91 Å². The van der Waals surface area contributed by atoms with Gasteiger partial charge in [-0.2, -0.15) is 0 Å². The first-order chi connectivity index (χ1) is 9.88. The fraction of sp³-hybridized carbons (Fsp3) is 0.214. The molecule has 110 valence electrons. The number of halogens is 2. The average Bonchev–Trinajstić information content (AvgIpc) is 2.43. The van der Waals surface area contributed by atoms with Crippen LogP contribution in [0.25, 0.3) is 0 Å². The van der Waals surface area contributed by atoms with Crippen LogP contribution in [0, 0.1) is 22.9 Å². The van der Waals surface area contributed by atoms with Crippen molar-refractivity contribution >= 4 is 23.1 Å². The van der Waals surface area contributed by atoms with Crippen LogP contribution in [0.2, 0.25) is 5.02 Å². The number of nitrogens with zero attached hydrogens (tertiary/aromatic N) is 2. The molecule has 0 aliphatic rings. The van der Waals surface area contributed by atoms with Crippen molar-refractivity contribution in [3.05, 3.63) is 62.5 Å². The maximum atomic E-state index is 13.6. The summed E-state index contributed by atoms with van der Waals surface area (Å²) in [6.45, 7) is 3.51. The summed E-state index contributed by atoms with van der Waals surface area (Å²) in [7, 11) is 0. The fourth-order valence-electron chi connectivity index (χ4n) is 1.80. The molecule has 1 aromatic heterocycles. The molecule has 2 aromatic rings. The highest BCUT2D eigenvalue weighted by Crippen LogP contribution is 2.27. The predicted octanol–water partition coefficient (Wildman–Crippen LogP) is 4.26. The number of hydrogen-bond acceptors (Lipinski definition) is 4. The molecule has 1 aromatic carbocycles. The highest BCUT2D eigenvalue weighted by atomic mass is 35.5. The molecule has 0 spiro atoms. The van der Waals surface area contributed by atoms with Gasteiger partial charge in [0.25, 0.3) is 5.69 Å². The van der Waals surface area contributed by atoms with Crippen LogP contribution < -0.4 is 5.32 Å². The molecule has 2 rings (SSSR count). The second kappa shape index (κ2) is 6.05. The van der Waals surface area contributed by atoms with Crippen LogP contribution in [0.15, 0.2) is 30.5 Å². The summed E-state index contributed by atoms with van der Waals surface area (Å²) >= 11 is 5.96. The average molecular weight is 310 g/mol. The van der Waals surface area contributed by atoms with Crippen LogP contribution in [0.1, 0.15) is 24.1 Å². The first-order valence-corrected chi connectivity index (χ1v) is 6.59. The number of pyridine rings is 1. The normalized spacial score (nSPS) is 12.0. The van der Waals surface area contributed by atoms with Gasteiger partial charge >= 0.3 is 0 Å². The summed E-state index contributed by atoms with van der Waals surface area (Å²) < 4.78 is 13.6. The van der Waals surface area contributed by atoms with E-state index >= 15 is 0 Å². The van der Waals surface area contributed by atoms with E-state index in [-0.39, 0.29) is 22.6 Å². The Labute approximate surface area is 125 Å². The van der Waals surface area contributed by atoms with Crippen LogP contribution in [0.4, 0.5) is 15.9 Å². The highest BCUT2D eigenvalue weighted by molar-refractivity contribution is 6.33. The van der Waals surface area contributed by atoms with E-state index in [0.29, 0.717) is 11.4 Å². The Morgan fingerprint density at radius 3 is 2.71 bits per heavy atom. The van der Waals surface area contributed by atoms with Crippen molar-refractivity contribution in [2.45, 2.75) is 19.9 Å². The SMILES string of the molecule is Cc1ccc(C(C)Nc2ncc([N+](=O)[O-])cc2Cl)cc1F. The largest absolute Gasteiger partial charge is 0.362 e. The summed E-state index contributed by atoms with van der Waals surface area (Å²) in [5.74, 6) is 0.0275. The molecule has 1 heterocycles. The fourth-order valence-corrected chi connectivity index (χ4v) is 2.02. The van der Waals surface area contributed by atoms with Gasteiger partial charge in [-0.3, -0.25) is 10.1 Å². The Morgan fingerprint density at radius 1 is 1.43 bits per heavy atom. The highest BCUT2D eigenvalue weighted by Gasteiger charge is 2.14. The van der Waals surface area contributed by atoms with Gasteiger partial charge in [0.05, 0.1) is 16.0 Å². The molecule has 7 heteroatoms. The van der Waals surface area contributed by atoms with E-state index in [1.165, 1.54) is 12.1 Å². The smallest absolute Gasteiger partial charge is 0.289 e. The number of rotatable bonds is 4. The molecule has 1 atom stereocenters. The van der Waals surface area contributed by atoms with Gasteiger partial charge in [-0.15, -0.1) is 0 Å². The van der Waals surface area contributed by atoms with Crippen molar-refractivity contribution in [2.75, 3.05) is 5.32 Å². The van der Waals surface area contributed by atoms with Crippen molar-refractivity contribution in [1.29, 1.82) is 0 Å². The summed E-state index contributed by atoms with van der Waals surface area (Å²) in [5.41, 5.74) is 1.12. The molecule has 0 bridgehead atoms. The predicted molar refractivity (Wildman–Crippen MR) is 79.1 cm³/mol. The molecule has 21 heavy (non-hydrogen) atoms. The van der Waals surface area contributed by atoms with Gasteiger partial charge in [-0.05, 0) is 31.0 Å². The third kappa shape index (κ3) is 3.46. The van der Waals surface area contributed by atoms with Gasteiger partial charge < -0.3 is 5.32 Å². The molecular weight excluding hydrogens is 297 g/mol. The molecule has 0 amide bonds. The molecule has 1 unspecified atom stereocenters. The van der Waals surface area contributed by atoms with Crippen molar-refractivity contribution in [3.63, 3.8) is 0 Å². The van der Waals surface area contributed by atoms with E-state index in [1.54, 1.807) is 19.1 Å². The van der Waals surface area contributed by atoms with E-state index < -0.39 is 4.92 Å². The van der Waals surface area contributed by atoms with Crippen molar-refractivity contribution in [3.8, 4) is 0 Å². The zero-order chi connectivity index (χ0) is 15.6. The second-order valence-electron chi connectivity index (χ2n) is 4.66. The summed E-state index contributed by atoms with van der Waals surface area (Å²) in [6, 6.07) is 5.90. The zero-order valence-electron chi connectivity index (χ0n) is 11.4. The van der Waals surface area contributed by atoms with Crippen molar-refractivity contribution in [1.82, 2.24) is 4.98 Å². The molecular formula is C14H13ClFN3O2. The number of nitrogens with one attached hydrogen (secondary N) is 1. The van der Waals surface area contributed by atoms with E-state index in [0.717, 1.165) is 11.8 Å². The Hall–Kier alpha value is -2.21. The van der Waals surface area contributed by atoms with Crippen molar-refractivity contribution in [2.24, 2.45) is 0 Å². The summed E-state index contributed by atoms with van der Waals surface area (Å²) in [4.78, 5) is 14.0. The maximum Gasteiger partial charge on any atom is 0.289 e. The number of nitro groups is 1. The van der Waals surface area contributed by atoms with Gasteiger partial charge in [-0.1, -0.05) is 23.7 Å². The van der Waals surface area contributed by atoms with Crippen molar-refractivity contribution < 1.29 is 9.31 Å². The number of aryl methyl sites for hydroxylation is 1. The third-order valence-electron chi connectivity index (χ3n) is 3.09. The molecule has 0 aliphatic heterocycles. The monoisotopic (exact) mass is 309 g/mol. The van der Waals surface area contributed by atoms with E-state index in [9.17, 15) is 14.5 Å². The molecule has 5 nitrogen and oxygen atoms in total. The van der Waals surface area contributed by atoms with Gasteiger partial charge in [0.15, 0.2) is 0 Å². The van der Waals surface area contributed by atoms with Gasteiger partial charge in [0, 0.05) is 6.07 Å². The molecule has 0 saturated carbocycles. The standard InChI is InChI=1S/C14H13ClFN3O2/c1-8-3-4-10(5-13(8)16)9(2)18-14-12(15)6-11(7-17-14)19(20)21/h3-7,9H,1-2H3,(H,17,18). The number of hydrogen-bond donors (Lipinski definition) is 1. The Balaban J connectivity index is 2.21. The lowest BCUT2D eigenvalue weighted by Crippen LogP contribution is -2.09. The van der Waals surface area contributed by atoms with E-state index in [4.69, 9.17) is 11.6 Å². The Morgan fingerprint density at radius 2 is 2.14 bits per heavy atom. The number of benzene rings is 1. The first kappa shape index (κ1) is 15.2. The molecule has 1 N–H and O–H groups in total. The Kier molecular flexibility index (Phi) is 4.37. The van der Waals surface area contributed by atoms with E-state index in [2.05, 4.69) is 10.3 Å². The molecule has 0 radical (unpaired) electrons. The van der Waals surface area contributed by atoms with Crippen LogP contribution in [0.3, 0.4) is 0 Å². The lowest BCUT2D eigenvalue weighted by atomic mass is 10.1. The quantitative estimate of drug-likeness (QED) is 0.676. The lowest BCUT2D eigenvalue weighted by molar-refractivity contribution is -0.385. The minimum absolute atomic E-state index is 0.142. The van der Waals surface area contributed by atoms with Gasteiger partial charge in [0.2, 0.25) is 0 Å². The minimum atomic E-state index is -0.568. The first-order valence-electron chi connectivity index (χ1n) is 6.21. The summed E-state index contributed by atoms with van der Waals surface area (Å²) in [5, 5.41) is 13.8.